The molecule has 13 heavy (non-hydrogen) atoms. The molecule has 0 amide bonds. The lowest BCUT2D eigenvalue weighted by Gasteiger charge is -2.14. The quantitative estimate of drug-likeness (QED) is 0.311. The van der Waals surface area contributed by atoms with Crippen molar-refractivity contribution in [1.82, 2.24) is 4.98 Å². The van der Waals surface area contributed by atoms with Gasteiger partial charge < -0.3 is 27.9 Å². The van der Waals surface area contributed by atoms with Crippen LogP contribution in [-0.4, -0.2) is 16.4 Å². The minimum Gasteiger partial charge on any atom is -0.385 e. The number of aromatic amines is 1. The first-order chi connectivity index (χ1) is 5.93. The van der Waals surface area contributed by atoms with Crippen LogP contribution in [0.1, 0.15) is 15.9 Å². The lowest BCUT2D eigenvalue weighted by Crippen LogP contribution is -2.54. The number of nitrogen functional groups attached to an aromatic ring is 2. The van der Waals surface area contributed by atoms with Crippen molar-refractivity contribution in [3.05, 3.63) is 11.1 Å². The maximum atomic E-state index is 11.5. The third-order valence-corrected chi connectivity index (χ3v) is 2.28. The molecule has 1 aliphatic rings. The summed E-state index contributed by atoms with van der Waals surface area (Å²) < 4.78 is 0. The van der Waals surface area contributed by atoms with Crippen LogP contribution in [0.2, 0.25) is 0 Å². The molecule has 1 aromatic rings. The molecule has 0 saturated heterocycles. The molecule has 0 fully saturated rings. The molecule has 0 saturated carbocycles. The second kappa shape index (κ2) is 2.04. The predicted octanol–water partition coefficient (Wildman–Crippen LogP) is -1.47. The number of ketones is 1. The fourth-order valence-electron chi connectivity index (χ4n) is 1.63. The summed E-state index contributed by atoms with van der Waals surface area (Å²) in [6.45, 7) is 0. The topological polar surface area (TPSA) is 137 Å². The number of rotatable bonds is 0. The van der Waals surface area contributed by atoms with E-state index in [-0.39, 0.29) is 18.0 Å². The summed E-state index contributed by atoms with van der Waals surface area (Å²) in [7, 11) is 0. The van der Waals surface area contributed by atoms with E-state index in [9.17, 15) is 4.79 Å². The lowest BCUT2D eigenvalue weighted by atomic mass is 10.1. The second-order valence-corrected chi connectivity index (χ2v) is 3.35. The minimum atomic E-state index is -1.35. The average Bonchev–Trinajstić information content (AvgIpc) is 2.37. The number of Topliss-reactive ketones (excluding diaryl/α,β-unsaturated/α-hetero) is 1. The van der Waals surface area contributed by atoms with Gasteiger partial charge in [0.1, 0.15) is 17.3 Å². The zero-order valence-electron chi connectivity index (χ0n) is 6.92. The van der Waals surface area contributed by atoms with Crippen LogP contribution < -0.4 is 22.9 Å². The third-order valence-electron chi connectivity index (χ3n) is 2.28. The molecular weight excluding hydrogens is 170 g/mol. The summed E-state index contributed by atoms with van der Waals surface area (Å²) >= 11 is 0. The van der Waals surface area contributed by atoms with Crippen molar-refractivity contribution in [2.45, 2.75) is 12.1 Å². The Hall–Kier alpha value is -1.53. The van der Waals surface area contributed by atoms with Crippen molar-refractivity contribution in [1.29, 1.82) is 0 Å². The van der Waals surface area contributed by atoms with E-state index in [0.29, 0.717) is 16.9 Å². The summed E-state index contributed by atoms with van der Waals surface area (Å²) in [5.41, 5.74) is 21.9. The zero-order chi connectivity index (χ0) is 9.80. The summed E-state index contributed by atoms with van der Waals surface area (Å²) in [5, 5.41) is 0. The highest BCUT2D eigenvalue weighted by molar-refractivity contribution is 6.11. The molecule has 0 radical (unpaired) electrons. The number of carbonyl (C=O) groups is 1. The Morgan fingerprint density at radius 1 is 1.23 bits per heavy atom. The van der Waals surface area contributed by atoms with Gasteiger partial charge in [0.25, 0.3) is 0 Å². The van der Waals surface area contributed by atoms with Crippen molar-refractivity contribution in [2.75, 3.05) is 11.5 Å². The molecule has 70 valence electrons. The van der Waals surface area contributed by atoms with Gasteiger partial charge in [0.15, 0.2) is 0 Å². The summed E-state index contributed by atoms with van der Waals surface area (Å²) in [4.78, 5) is 14.2. The van der Waals surface area contributed by atoms with Gasteiger partial charge in [-0.25, -0.2) is 0 Å². The maximum absolute atomic E-state index is 11.5. The number of anilines is 2. The Kier molecular flexibility index (Phi) is 1.27. The van der Waals surface area contributed by atoms with Gasteiger partial charge in [-0.2, -0.15) is 0 Å². The van der Waals surface area contributed by atoms with Crippen molar-refractivity contribution < 1.29 is 4.79 Å². The van der Waals surface area contributed by atoms with Crippen molar-refractivity contribution in [3.8, 4) is 0 Å². The molecule has 2 rings (SSSR count). The van der Waals surface area contributed by atoms with Gasteiger partial charge in [0.2, 0.25) is 5.78 Å². The third kappa shape index (κ3) is 0.865. The second-order valence-electron chi connectivity index (χ2n) is 3.35. The van der Waals surface area contributed by atoms with Crippen LogP contribution in [0.4, 0.5) is 11.6 Å². The minimum absolute atomic E-state index is 0.237. The maximum Gasteiger partial charge on any atom is 0.201 e. The Morgan fingerprint density at radius 2 is 1.85 bits per heavy atom. The number of hydrogen-bond acceptors (Lipinski definition) is 5. The van der Waals surface area contributed by atoms with E-state index in [1.807, 2.05) is 0 Å². The van der Waals surface area contributed by atoms with E-state index in [1.54, 1.807) is 0 Å². The molecule has 0 aromatic carbocycles. The first kappa shape index (κ1) is 8.09. The number of nitrogens with one attached hydrogen (secondary N) is 1. The molecule has 0 bridgehead atoms. The van der Waals surface area contributed by atoms with Gasteiger partial charge in [-0.1, -0.05) is 0 Å². The summed E-state index contributed by atoms with van der Waals surface area (Å²) in [6.07, 6.45) is 0.237. The Labute approximate surface area is 74.3 Å². The fourth-order valence-corrected chi connectivity index (χ4v) is 1.63. The van der Waals surface area contributed by atoms with Crippen LogP contribution in [0.25, 0.3) is 0 Å². The Balaban J connectivity index is 2.64. The Morgan fingerprint density at radius 3 is 2.38 bits per heavy atom. The molecule has 0 spiro atoms. The number of fused-ring (bicyclic) bond motifs is 1. The van der Waals surface area contributed by atoms with Crippen LogP contribution in [0.15, 0.2) is 0 Å². The van der Waals surface area contributed by atoms with E-state index < -0.39 is 5.66 Å². The molecule has 1 heterocycles. The van der Waals surface area contributed by atoms with Crippen molar-refractivity contribution in [2.24, 2.45) is 11.5 Å². The SMILES string of the molecule is Nc1[nH]c(N)c2c1CC(N)(N)C2=O. The van der Waals surface area contributed by atoms with Gasteiger partial charge in [-0.3, -0.25) is 4.79 Å². The molecule has 9 N–H and O–H groups in total. The van der Waals surface area contributed by atoms with Crippen LogP contribution >= 0.6 is 0 Å². The van der Waals surface area contributed by atoms with Crippen LogP contribution in [0.5, 0.6) is 0 Å². The first-order valence-electron chi connectivity index (χ1n) is 3.82. The van der Waals surface area contributed by atoms with Crippen LogP contribution in [-0.2, 0) is 6.42 Å². The van der Waals surface area contributed by atoms with Gasteiger partial charge in [-0.15, -0.1) is 0 Å². The van der Waals surface area contributed by atoms with E-state index in [2.05, 4.69) is 4.98 Å². The van der Waals surface area contributed by atoms with Gasteiger partial charge in [0, 0.05) is 12.0 Å². The molecule has 6 nitrogen and oxygen atoms in total. The number of hydrogen-bond donors (Lipinski definition) is 5. The first-order valence-corrected chi connectivity index (χ1v) is 3.82. The Bertz CT molecular complexity index is 392. The summed E-state index contributed by atoms with van der Waals surface area (Å²) in [6, 6.07) is 0. The zero-order valence-corrected chi connectivity index (χ0v) is 6.92. The van der Waals surface area contributed by atoms with Gasteiger partial charge in [-0.05, 0) is 0 Å². The number of H-pyrrole nitrogens is 1. The molecular formula is C7H11N5O. The molecule has 6 heteroatoms. The fraction of sp³-hybridized carbons (Fsp3) is 0.286. The van der Waals surface area contributed by atoms with E-state index in [4.69, 9.17) is 22.9 Å². The van der Waals surface area contributed by atoms with Crippen LogP contribution in [0.3, 0.4) is 0 Å². The highest BCUT2D eigenvalue weighted by atomic mass is 16.1. The highest BCUT2D eigenvalue weighted by Crippen LogP contribution is 2.33. The van der Waals surface area contributed by atoms with E-state index in [0.717, 1.165) is 0 Å². The number of carbonyl (C=O) groups excluding carboxylic acids is 1. The molecule has 1 aliphatic carbocycles. The van der Waals surface area contributed by atoms with Gasteiger partial charge in [0.05, 0.1) is 5.56 Å². The highest BCUT2D eigenvalue weighted by Gasteiger charge is 2.42. The standard InChI is InChI=1S/C7H11N5O/c8-5-2-1-7(10,11)4(13)3(2)6(9)12-5/h12H,1,8-11H2. The predicted molar refractivity (Wildman–Crippen MR) is 48.8 cm³/mol. The number of nitrogens with two attached hydrogens (primary N) is 4. The molecule has 0 unspecified atom stereocenters. The normalized spacial score (nSPS) is 19.1. The smallest absolute Gasteiger partial charge is 0.201 e. The average molecular weight is 181 g/mol. The van der Waals surface area contributed by atoms with E-state index >= 15 is 0 Å². The van der Waals surface area contributed by atoms with Crippen LogP contribution in [0, 0.1) is 0 Å². The van der Waals surface area contributed by atoms with Crippen molar-refractivity contribution >= 4 is 17.4 Å². The largest absolute Gasteiger partial charge is 0.385 e. The number of aromatic nitrogens is 1. The van der Waals surface area contributed by atoms with Crippen molar-refractivity contribution in [3.63, 3.8) is 0 Å². The van der Waals surface area contributed by atoms with Gasteiger partial charge >= 0.3 is 0 Å². The van der Waals surface area contributed by atoms with E-state index in [1.165, 1.54) is 0 Å². The molecule has 0 aliphatic heterocycles. The monoisotopic (exact) mass is 181 g/mol. The lowest BCUT2D eigenvalue weighted by molar-refractivity contribution is 0.0912. The molecule has 1 aromatic heterocycles. The molecule has 0 atom stereocenters. The summed E-state index contributed by atoms with van der Waals surface area (Å²) in [5.74, 6) is 0.266.